The third kappa shape index (κ3) is 4.22. The minimum atomic E-state index is -4.32. The van der Waals surface area contributed by atoms with Gasteiger partial charge >= 0.3 is 12.1 Å². The van der Waals surface area contributed by atoms with Crippen LogP contribution < -0.4 is 4.90 Å². The Hall–Kier alpha value is -1.56. The van der Waals surface area contributed by atoms with Crippen LogP contribution in [0.1, 0.15) is 37.3 Å². The number of halogens is 3. The molecule has 0 amide bonds. The molecule has 1 unspecified atom stereocenters. The number of ether oxygens (including phenoxy) is 1. The van der Waals surface area contributed by atoms with E-state index in [2.05, 4.69) is 0 Å². The van der Waals surface area contributed by atoms with E-state index in [1.807, 2.05) is 0 Å². The second kappa shape index (κ2) is 7.13. The number of hydrogen-bond acceptors (Lipinski definition) is 2. The lowest BCUT2D eigenvalue weighted by atomic mass is 10.0. The van der Waals surface area contributed by atoms with Crippen LogP contribution in [-0.4, -0.2) is 25.2 Å². The molecule has 3 nitrogen and oxygen atoms in total. The van der Waals surface area contributed by atoms with Crippen LogP contribution in [0.25, 0.3) is 0 Å². The van der Waals surface area contributed by atoms with E-state index in [1.165, 1.54) is 12.1 Å². The van der Waals surface area contributed by atoms with Gasteiger partial charge < -0.3 is 9.64 Å². The van der Waals surface area contributed by atoms with Crippen molar-refractivity contribution in [2.45, 2.75) is 44.9 Å². The van der Waals surface area contributed by atoms with E-state index < -0.39 is 11.7 Å². The molecule has 1 saturated heterocycles. The first-order valence-electron chi connectivity index (χ1n) is 7.59. The Labute approximate surface area is 128 Å². The molecule has 0 radical (unpaired) electrons. The average Bonchev–Trinajstić information content (AvgIpc) is 2.47. The highest BCUT2D eigenvalue weighted by molar-refractivity contribution is 5.74. The molecule has 1 aromatic carbocycles. The lowest BCUT2D eigenvalue weighted by molar-refractivity contribution is -0.935. The number of carbonyl (C=O) groups excluding carboxylic acids is 1. The van der Waals surface area contributed by atoms with Crippen LogP contribution in [0, 0.1) is 0 Å². The van der Waals surface area contributed by atoms with Crippen LogP contribution in [0.5, 0.6) is 0 Å². The van der Waals surface area contributed by atoms with Gasteiger partial charge in [0.1, 0.15) is 6.54 Å². The number of rotatable bonds is 4. The number of benzene rings is 1. The second-order valence-corrected chi connectivity index (χ2v) is 5.58. The molecule has 122 valence electrons. The molecule has 1 aromatic rings. The van der Waals surface area contributed by atoms with Crippen molar-refractivity contribution >= 4 is 5.97 Å². The fraction of sp³-hybridized carbons (Fsp3) is 0.562. The Morgan fingerprint density at radius 1 is 1.27 bits per heavy atom. The van der Waals surface area contributed by atoms with Gasteiger partial charge in [0.2, 0.25) is 0 Å². The maximum atomic E-state index is 12.6. The lowest BCUT2D eigenvalue weighted by Gasteiger charge is -2.31. The molecule has 0 saturated carbocycles. The molecule has 1 heterocycles. The smallest absolute Gasteiger partial charge is 0.416 e. The van der Waals surface area contributed by atoms with Crippen molar-refractivity contribution in [3.05, 3.63) is 35.4 Å². The molecule has 0 bridgehead atoms. The second-order valence-electron chi connectivity index (χ2n) is 5.58. The molecule has 0 aromatic heterocycles. The topological polar surface area (TPSA) is 30.7 Å². The summed E-state index contributed by atoms with van der Waals surface area (Å²) in [6.07, 6.45) is -1.54. The molecular formula is C16H21F3NO2+. The summed E-state index contributed by atoms with van der Waals surface area (Å²) in [7, 11) is 0. The van der Waals surface area contributed by atoms with E-state index in [0.717, 1.165) is 48.4 Å². The predicted octanol–water partition coefficient (Wildman–Crippen LogP) is 2.21. The number of nitrogens with one attached hydrogen (secondary N) is 1. The summed E-state index contributed by atoms with van der Waals surface area (Å²) in [5, 5.41) is 0. The largest absolute Gasteiger partial charge is 0.462 e. The van der Waals surface area contributed by atoms with Crippen molar-refractivity contribution in [3.8, 4) is 0 Å². The first kappa shape index (κ1) is 16.8. The average molecular weight is 316 g/mol. The quantitative estimate of drug-likeness (QED) is 0.864. The monoisotopic (exact) mass is 316 g/mol. The van der Waals surface area contributed by atoms with Gasteiger partial charge in [0.25, 0.3) is 0 Å². The molecular weight excluding hydrogens is 295 g/mol. The Morgan fingerprint density at radius 3 is 2.55 bits per heavy atom. The van der Waals surface area contributed by atoms with E-state index in [-0.39, 0.29) is 12.0 Å². The summed E-state index contributed by atoms with van der Waals surface area (Å²) in [6, 6.07) is 4.96. The molecule has 1 fully saturated rings. The number of alkyl halides is 3. The van der Waals surface area contributed by atoms with Gasteiger partial charge in [-0.15, -0.1) is 0 Å². The number of hydrogen-bond donors (Lipinski definition) is 1. The Morgan fingerprint density at radius 2 is 1.95 bits per heavy atom. The molecule has 1 aliphatic rings. The number of quaternary nitrogens is 1. The summed E-state index contributed by atoms with van der Waals surface area (Å²) < 4.78 is 42.8. The first-order chi connectivity index (χ1) is 10.4. The van der Waals surface area contributed by atoms with Crippen molar-refractivity contribution in [2.24, 2.45) is 0 Å². The van der Waals surface area contributed by atoms with Gasteiger partial charge in [-0.25, -0.2) is 4.79 Å². The van der Waals surface area contributed by atoms with Gasteiger partial charge in [0.05, 0.1) is 18.7 Å². The first-order valence-corrected chi connectivity index (χ1v) is 7.59. The summed E-state index contributed by atoms with van der Waals surface area (Å²) in [4.78, 5) is 13.1. The van der Waals surface area contributed by atoms with Crippen LogP contribution in [0.3, 0.4) is 0 Å². The lowest BCUT2D eigenvalue weighted by Crippen LogP contribution is -3.16. The zero-order valence-corrected chi connectivity index (χ0v) is 12.6. The molecule has 0 spiro atoms. The predicted molar refractivity (Wildman–Crippen MR) is 75.2 cm³/mol. The normalized spacial score (nSPS) is 22.4. The van der Waals surface area contributed by atoms with E-state index in [4.69, 9.17) is 4.74 Å². The zero-order chi connectivity index (χ0) is 16.2. The summed E-state index contributed by atoms with van der Waals surface area (Å²) in [5.41, 5.74) is 0.158. The molecule has 1 N–H and O–H groups in total. The van der Waals surface area contributed by atoms with Gasteiger partial charge in [-0.1, -0.05) is 12.1 Å². The van der Waals surface area contributed by atoms with Gasteiger partial charge in [-0.2, -0.15) is 13.2 Å². The highest BCUT2D eigenvalue weighted by Crippen LogP contribution is 2.29. The Bertz CT molecular complexity index is 499. The third-order valence-corrected chi connectivity index (χ3v) is 4.02. The molecule has 22 heavy (non-hydrogen) atoms. The van der Waals surface area contributed by atoms with E-state index >= 15 is 0 Å². The highest BCUT2D eigenvalue weighted by atomic mass is 19.4. The van der Waals surface area contributed by atoms with Crippen LogP contribution in [0.4, 0.5) is 13.2 Å². The van der Waals surface area contributed by atoms with Crippen LogP contribution in [0.2, 0.25) is 0 Å². The fourth-order valence-electron chi connectivity index (χ4n) is 2.89. The van der Waals surface area contributed by atoms with Crippen LogP contribution >= 0.6 is 0 Å². The van der Waals surface area contributed by atoms with E-state index in [0.29, 0.717) is 13.2 Å². The van der Waals surface area contributed by atoms with Crippen LogP contribution in [-0.2, 0) is 22.3 Å². The van der Waals surface area contributed by atoms with Gasteiger partial charge in [-0.3, -0.25) is 0 Å². The van der Waals surface area contributed by atoms with Gasteiger partial charge in [-0.05, 0) is 31.9 Å². The Kier molecular flexibility index (Phi) is 5.45. The SMILES string of the molecule is CCOC(=O)[C@H]1CCCC[NH+]1Cc1ccc(C(F)(F)F)cc1. The zero-order valence-electron chi connectivity index (χ0n) is 12.6. The Balaban J connectivity index is 2.05. The van der Waals surface area contributed by atoms with Crippen molar-refractivity contribution in [2.75, 3.05) is 13.2 Å². The minimum absolute atomic E-state index is 0.205. The molecule has 2 atom stereocenters. The molecule has 1 aliphatic heterocycles. The van der Waals surface area contributed by atoms with E-state index in [9.17, 15) is 18.0 Å². The minimum Gasteiger partial charge on any atom is -0.462 e. The van der Waals surface area contributed by atoms with Gasteiger partial charge in [0.15, 0.2) is 6.04 Å². The number of esters is 1. The maximum Gasteiger partial charge on any atom is 0.416 e. The van der Waals surface area contributed by atoms with Gasteiger partial charge in [0, 0.05) is 12.0 Å². The van der Waals surface area contributed by atoms with E-state index in [1.54, 1.807) is 6.92 Å². The number of likely N-dealkylation sites (tertiary alicyclic amines) is 1. The summed E-state index contributed by atoms with van der Waals surface area (Å²) in [6.45, 7) is 3.51. The molecule has 6 heteroatoms. The van der Waals surface area contributed by atoms with Crippen molar-refractivity contribution < 1.29 is 27.6 Å². The fourth-order valence-corrected chi connectivity index (χ4v) is 2.89. The third-order valence-electron chi connectivity index (χ3n) is 4.02. The number of piperidine rings is 1. The number of carbonyl (C=O) groups is 1. The molecule has 0 aliphatic carbocycles. The summed E-state index contributed by atoms with van der Waals surface area (Å²) >= 11 is 0. The van der Waals surface area contributed by atoms with Crippen LogP contribution in [0.15, 0.2) is 24.3 Å². The summed E-state index contributed by atoms with van der Waals surface area (Å²) in [5.74, 6) is -0.205. The van der Waals surface area contributed by atoms with Crippen molar-refractivity contribution in [3.63, 3.8) is 0 Å². The maximum absolute atomic E-state index is 12.6. The van der Waals surface area contributed by atoms with Crippen molar-refractivity contribution in [1.82, 2.24) is 0 Å². The highest BCUT2D eigenvalue weighted by Gasteiger charge is 2.34. The standard InChI is InChI=1S/C16H20F3NO2/c1-2-22-15(21)14-5-3-4-10-20(14)11-12-6-8-13(9-7-12)16(17,18)19/h6-9,14H,2-5,10-11H2,1H3/p+1/t14-/m1/s1. The molecule has 2 rings (SSSR count). The van der Waals surface area contributed by atoms with Crippen molar-refractivity contribution in [1.29, 1.82) is 0 Å².